The van der Waals surface area contributed by atoms with E-state index in [1.54, 1.807) is 6.20 Å². The van der Waals surface area contributed by atoms with E-state index in [0.29, 0.717) is 22.5 Å². The maximum absolute atomic E-state index is 12.7. The van der Waals surface area contributed by atoms with E-state index in [9.17, 15) is 4.79 Å². The number of rotatable bonds is 2. The molecule has 1 aliphatic rings. The highest BCUT2D eigenvalue weighted by molar-refractivity contribution is 5.84. The molecule has 0 N–H and O–H groups in total. The molecule has 0 unspecified atom stereocenters. The topological polar surface area (TPSA) is 66.9 Å². The van der Waals surface area contributed by atoms with Crippen molar-refractivity contribution in [2.45, 2.75) is 13.3 Å². The first kappa shape index (κ1) is 17.9. The van der Waals surface area contributed by atoms with Gasteiger partial charge in [0.05, 0.1) is 11.3 Å². The highest BCUT2D eigenvalue weighted by Crippen LogP contribution is 2.26. The van der Waals surface area contributed by atoms with Crippen molar-refractivity contribution in [3.63, 3.8) is 0 Å². The fourth-order valence-electron chi connectivity index (χ4n) is 3.95. The number of nitrogens with zero attached hydrogens (tertiary/aromatic N) is 5. The molecule has 0 atom stereocenters. The second-order valence-corrected chi connectivity index (χ2v) is 7.75. The number of benzene rings is 1. The summed E-state index contributed by atoms with van der Waals surface area (Å²) in [5.74, 6) is 0.615. The largest absolute Gasteiger partial charge is 0.422 e. The molecular weight excluding hydrogens is 366 g/mol. The van der Waals surface area contributed by atoms with Gasteiger partial charge in [0, 0.05) is 60.9 Å². The molecule has 1 saturated heterocycles. The summed E-state index contributed by atoms with van der Waals surface area (Å²) in [6.07, 6.45) is 6.55. The number of likely N-dealkylation sites (N-methyl/N-ethyl adjacent to an activating group) is 1. The molecule has 1 aliphatic heterocycles. The average Bonchev–Trinajstić information content (AvgIpc) is 2.94. The van der Waals surface area contributed by atoms with Gasteiger partial charge in [-0.25, -0.2) is 14.8 Å². The lowest BCUT2D eigenvalue weighted by atomic mass is 10.1. The van der Waals surface area contributed by atoms with Crippen molar-refractivity contribution in [1.82, 2.24) is 19.3 Å². The SMILES string of the molecule is Cc1cn2cc(-c3cc4ccc(N5CCCN(C)CC5)cc4oc3=O)cnc2n1. The van der Waals surface area contributed by atoms with Crippen molar-refractivity contribution < 1.29 is 4.42 Å². The van der Waals surface area contributed by atoms with Crippen molar-refractivity contribution >= 4 is 22.4 Å². The molecule has 5 rings (SSSR count). The molecule has 4 heterocycles. The summed E-state index contributed by atoms with van der Waals surface area (Å²) in [7, 11) is 2.15. The van der Waals surface area contributed by atoms with Gasteiger partial charge < -0.3 is 14.2 Å². The maximum atomic E-state index is 12.7. The van der Waals surface area contributed by atoms with Crippen molar-refractivity contribution in [3.05, 3.63) is 59.0 Å². The van der Waals surface area contributed by atoms with Crippen LogP contribution in [0.2, 0.25) is 0 Å². The highest BCUT2D eigenvalue weighted by Gasteiger charge is 2.15. The van der Waals surface area contributed by atoms with Crippen LogP contribution in [0.4, 0.5) is 5.69 Å². The molecule has 29 heavy (non-hydrogen) atoms. The van der Waals surface area contributed by atoms with Gasteiger partial charge >= 0.3 is 5.63 Å². The summed E-state index contributed by atoms with van der Waals surface area (Å²) in [5.41, 5.74) is 3.45. The Labute approximate surface area is 168 Å². The molecule has 4 aromatic rings. The third-order valence-electron chi connectivity index (χ3n) is 5.55. The number of imidazole rings is 1. The van der Waals surface area contributed by atoms with Crippen LogP contribution in [0, 0.1) is 6.92 Å². The number of aryl methyl sites for hydroxylation is 1. The van der Waals surface area contributed by atoms with Crippen molar-refractivity contribution in [3.8, 4) is 11.1 Å². The molecule has 7 nitrogen and oxygen atoms in total. The minimum absolute atomic E-state index is 0.358. The lowest BCUT2D eigenvalue weighted by Crippen LogP contribution is -2.28. The fourth-order valence-corrected chi connectivity index (χ4v) is 3.95. The number of hydrogen-bond donors (Lipinski definition) is 0. The van der Waals surface area contributed by atoms with Crippen LogP contribution in [0.15, 0.2) is 52.1 Å². The van der Waals surface area contributed by atoms with Crippen molar-refractivity contribution in [1.29, 1.82) is 0 Å². The lowest BCUT2D eigenvalue weighted by molar-refractivity contribution is 0.360. The van der Waals surface area contributed by atoms with Crippen LogP contribution in [0.3, 0.4) is 0 Å². The molecule has 0 spiro atoms. The Kier molecular flexibility index (Phi) is 4.32. The van der Waals surface area contributed by atoms with Crippen LogP contribution in [0.1, 0.15) is 12.1 Å². The summed E-state index contributed by atoms with van der Waals surface area (Å²) < 4.78 is 7.53. The van der Waals surface area contributed by atoms with Gasteiger partial charge in [0.2, 0.25) is 5.78 Å². The highest BCUT2D eigenvalue weighted by atomic mass is 16.4. The minimum Gasteiger partial charge on any atom is -0.422 e. The normalized spacial score (nSPS) is 15.9. The minimum atomic E-state index is -0.358. The number of fused-ring (bicyclic) bond motifs is 2. The number of hydrogen-bond acceptors (Lipinski definition) is 6. The van der Waals surface area contributed by atoms with Gasteiger partial charge in [0.1, 0.15) is 5.58 Å². The Morgan fingerprint density at radius 2 is 1.97 bits per heavy atom. The van der Waals surface area contributed by atoms with Crippen molar-refractivity contribution in [2.75, 3.05) is 38.1 Å². The van der Waals surface area contributed by atoms with E-state index in [4.69, 9.17) is 4.42 Å². The number of anilines is 1. The predicted molar refractivity (Wildman–Crippen MR) is 114 cm³/mol. The zero-order valence-corrected chi connectivity index (χ0v) is 16.6. The predicted octanol–water partition coefficient (Wildman–Crippen LogP) is 2.95. The Morgan fingerprint density at radius 1 is 1.07 bits per heavy atom. The molecule has 0 radical (unpaired) electrons. The van der Waals surface area contributed by atoms with Gasteiger partial charge in [-0.1, -0.05) is 0 Å². The molecule has 148 valence electrons. The number of aromatic nitrogens is 3. The molecule has 3 aromatic heterocycles. The molecule has 1 fully saturated rings. The molecular formula is C22H23N5O2. The lowest BCUT2D eigenvalue weighted by Gasteiger charge is -2.23. The first-order valence-corrected chi connectivity index (χ1v) is 9.90. The van der Waals surface area contributed by atoms with Gasteiger partial charge in [0.25, 0.3) is 0 Å². The molecule has 0 saturated carbocycles. The summed E-state index contributed by atoms with van der Waals surface area (Å²) >= 11 is 0. The summed E-state index contributed by atoms with van der Waals surface area (Å²) in [6.45, 7) is 6.04. The Morgan fingerprint density at radius 3 is 2.86 bits per heavy atom. The van der Waals surface area contributed by atoms with Crippen LogP contribution >= 0.6 is 0 Å². The smallest absolute Gasteiger partial charge is 0.344 e. The third kappa shape index (κ3) is 3.38. The quantitative estimate of drug-likeness (QED) is 0.491. The van der Waals surface area contributed by atoms with Gasteiger partial charge in [0.15, 0.2) is 0 Å². The van der Waals surface area contributed by atoms with E-state index in [1.807, 2.05) is 41.9 Å². The molecule has 7 heteroatoms. The standard InChI is InChI=1S/C22H23N5O2/c1-15-13-27-14-17(12-23-22(27)24-15)19-10-16-4-5-18(11-20(16)29-21(19)28)26-7-3-6-25(2)8-9-26/h4-5,10-14H,3,6-9H2,1-2H3. The van der Waals surface area contributed by atoms with Gasteiger partial charge in [-0.15, -0.1) is 0 Å². The van der Waals surface area contributed by atoms with Crippen molar-refractivity contribution in [2.24, 2.45) is 0 Å². The Hall–Kier alpha value is -3.19. The first-order valence-electron chi connectivity index (χ1n) is 9.90. The van der Waals surface area contributed by atoms with Gasteiger partial charge in [-0.05, 0) is 45.1 Å². The van der Waals surface area contributed by atoms with E-state index >= 15 is 0 Å². The van der Waals surface area contributed by atoms with E-state index in [-0.39, 0.29) is 5.63 Å². The van der Waals surface area contributed by atoms with Gasteiger partial charge in [-0.3, -0.25) is 4.40 Å². The molecule has 0 aliphatic carbocycles. The van der Waals surface area contributed by atoms with Crippen LogP contribution in [0.25, 0.3) is 27.9 Å². The van der Waals surface area contributed by atoms with Crippen LogP contribution in [0.5, 0.6) is 0 Å². The molecule has 0 amide bonds. The second-order valence-electron chi connectivity index (χ2n) is 7.75. The Bertz CT molecular complexity index is 1260. The monoisotopic (exact) mass is 389 g/mol. The summed E-state index contributed by atoms with van der Waals surface area (Å²) in [5, 5.41) is 0.900. The fraction of sp³-hybridized carbons (Fsp3) is 0.318. The second kappa shape index (κ2) is 7.00. The third-order valence-corrected chi connectivity index (χ3v) is 5.55. The van der Waals surface area contributed by atoms with E-state index in [1.165, 1.54) is 0 Å². The molecule has 0 bridgehead atoms. The van der Waals surface area contributed by atoms with E-state index < -0.39 is 0 Å². The van der Waals surface area contributed by atoms with Crippen LogP contribution in [-0.4, -0.2) is 52.5 Å². The first-order chi connectivity index (χ1) is 14.1. The van der Waals surface area contributed by atoms with Crippen LogP contribution in [-0.2, 0) is 0 Å². The van der Waals surface area contributed by atoms with E-state index in [2.05, 4.69) is 32.9 Å². The average molecular weight is 389 g/mol. The van der Waals surface area contributed by atoms with E-state index in [0.717, 1.165) is 49.4 Å². The zero-order valence-electron chi connectivity index (χ0n) is 16.6. The summed E-state index contributed by atoms with van der Waals surface area (Å²) in [6, 6.07) is 8.00. The maximum Gasteiger partial charge on any atom is 0.344 e. The van der Waals surface area contributed by atoms with Crippen LogP contribution < -0.4 is 10.5 Å². The molecule has 1 aromatic carbocycles. The Balaban J connectivity index is 1.53. The van der Waals surface area contributed by atoms with Gasteiger partial charge in [-0.2, -0.15) is 0 Å². The summed E-state index contributed by atoms with van der Waals surface area (Å²) in [4.78, 5) is 26.1. The zero-order chi connectivity index (χ0) is 20.0.